The summed E-state index contributed by atoms with van der Waals surface area (Å²) < 4.78 is 0. The molecule has 0 saturated heterocycles. The molecule has 0 radical (unpaired) electrons. The summed E-state index contributed by atoms with van der Waals surface area (Å²) in [5.74, 6) is 0. The molecule has 2 heterocycles. The van der Waals surface area contributed by atoms with E-state index in [0.717, 1.165) is 21.3 Å². The third-order valence-corrected chi connectivity index (χ3v) is 3.76. The first kappa shape index (κ1) is 10.9. The summed E-state index contributed by atoms with van der Waals surface area (Å²) in [5, 5.41) is 9.96. The highest BCUT2D eigenvalue weighted by Gasteiger charge is 2.25. The van der Waals surface area contributed by atoms with Crippen molar-refractivity contribution < 1.29 is 0 Å². The van der Waals surface area contributed by atoms with Crippen molar-refractivity contribution in [2.45, 2.75) is 26.2 Å². The highest BCUT2D eigenvalue weighted by Crippen LogP contribution is 2.32. The minimum atomic E-state index is -0.514. The second-order valence-corrected chi connectivity index (χ2v) is 5.45. The molecule has 0 aromatic carbocycles. The Morgan fingerprint density at radius 3 is 2.81 bits per heavy atom. The molecule has 0 saturated carbocycles. The van der Waals surface area contributed by atoms with Gasteiger partial charge < -0.3 is 4.98 Å². The molecule has 2 aromatic rings. The van der Waals surface area contributed by atoms with Crippen LogP contribution in [0.25, 0.3) is 11.4 Å². The molecule has 2 rings (SSSR count). The highest BCUT2D eigenvalue weighted by atomic mass is 32.1. The second kappa shape index (κ2) is 3.76. The van der Waals surface area contributed by atoms with Crippen LogP contribution in [0.4, 0.5) is 0 Å². The lowest BCUT2D eigenvalue weighted by Gasteiger charge is -2.09. The van der Waals surface area contributed by atoms with Crippen LogP contribution in [-0.2, 0) is 5.41 Å². The third-order valence-electron chi connectivity index (χ3n) is 2.46. The third kappa shape index (κ3) is 1.74. The van der Waals surface area contributed by atoms with E-state index < -0.39 is 5.41 Å². The van der Waals surface area contributed by atoms with Crippen LogP contribution in [0.1, 0.15) is 23.7 Å². The number of nitrogens with one attached hydrogen (secondary N) is 1. The zero-order valence-corrected chi connectivity index (χ0v) is 10.4. The Labute approximate surface area is 98.8 Å². The normalized spacial score (nSPS) is 11.4. The van der Waals surface area contributed by atoms with Crippen LogP contribution in [0.15, 0.2) is 18.3 Å². The van der Waals surface area contributed by atoms with E-state index in [2.05, 4.69) is 16.0 Å². The maximum absolute atomic E-state index is 9.09. The summed E-state index contributed by atoms with van der Waals surface area (Å²) in [5.41, 5.74) is 1.45. The predicted octanol–water partition coefficient (Wildman–Crippen LogP) is 3.25. The van der Waals surface area contributed by atoms with Gasteiger partial charge in [0, 0.05) is 11.1 Å². The molecule has 0 amide bonds. The molecule has 0 aliphatic carbocycles. The largest absolute Gasteiger partial charge is 0.360 e. The van der Waals surface area contributed by atoms with Gasteiger partial charge in [-0.1, -0.05) is 0 Å². The summed E-state index contributed by atoms with van der Waals surface area (Å²) >= 11 is 1.59. The van der Waals surface area contributed by atoms with Gasteiger partial charge in [-0.2, -0.15) is 5.26 Å². The average molecular weight is 231 g/mol. The van der Waals surface area contributed by atoms with Crippen molar-refractivity contribution in [2.24, 2.45) is 0 Å². The maximum Gasteiger partial charge on any atom is 0.113 e. The van der Waals surface area contributed by atoms with Crippen molar-refractivity contribution in [3.63, 3.8) is 0 Å². The van der Waals surface area contributed by atoms with Crippen molar-refractivity contribution in [3.05, 3.63) is 28.2 Å². The summed E-state index contributed by atoms with van der Waals surface area (Å²) in [7, 11) is 0. The molecule has 16 heavy (non-hydrogen) atoms. The van der Waals surface area contributed by atoms with Crippen LogP contribution in [0.5, 0.6) is 0 Å². The minimum absolute atomic E-state index is 0.514. The van der Waals surface area contributed by atoms with E-state index in [0.29, 0.717) is 0 Å². The number of nitrogens with zero attached hydrogens (tertiary/aromatic N) is 2. The van der Waals surface area contributed by atoms with Gasteiger partial charge in [0.15, 0.2) is 0 Å². The van der Waals surface area contributed by atoms with Gasteiger partial charge in [0.05, 0.1) is 11.8 Å². The Morgan fingerprint density at radius 2 is 2.25 bits per heavy atom. The SMILES string of the molecule is Cc1sc(C(C)(C)C#N)nc1-c1ccc[nH]1. The topological polar surface area (TPSA) is 52.5 Å². The molecule has 0 fully saturated rings. The van der Waals surface area contributed by atoms with Crippen LogP contribution < -0.4 is 0 Å². The van der Waals surface area contributed by atoms with Gasteiger partial charge in [-0.05, 0) is 32.9 Å². The van der Waals surface area contributed by atoms with E-state index in [-0.39, 0.29) is 0 Å². The van der Waals surface area contributed by atoms with Crippen molar-refractivity contribution in [3.8, 4) is 17.5 Å². The van der Waals surface area contributed by atoms with E-state index in [1.807, 2.05) is 39.1 Å². The zero-order valence-electron chi connectivity index (χ0n) is 9.53. The van der Waals surface area contributed by atoms with Crippen molar-refractivity contribution in [1.29, 1.82) is 5.26 Å². The van der Waals surface area contributed by atoms with Gasteiger partial charge in [0.25, 0.3) is 0 Å². The van der Waals surface area contributed by atoms with Crippen molar-refractivity contribution in [2.75, 3.05) is 0 Å². The fourth-order valence-corrected chi connectivity index (χ4v) is 2.42. The monoisotopic (exact) mass is 231 g/mol. The molecule has 3 nitrogen and oxygen atoms in total. The molecule has 0 unspecified atom stereocenters. The number of hydrogen-bond donors (Lipinski definition) is 1. The maximum atomic E-state index is 9.09. The Balaban J connectivity index is 2.49. The summed E-state index contributed by atoms with van der Waals surface area (Å²) in [4.78, 5) is 8.84. The highest BCUT2D eigenvalue weighted by molar-refractivity contribution is 7.12. The molecule has 0 atom stereocenters. The van der Waals surface area contributed by atoms with Gasteiger partial charge in [0.2, 0.25) is 0 Å². The zero-order chi connectivity index (χ0) is 11.8. The fraction of sp³-hybridized carbons (Fsp3) is 0.333. The van der Waals surface area contributed by atoms with E-state index in [4.69, 9.17) is 5.26 Å². The van der Waals surface area contributed by atoms with Crippen LogP contribution in [0.2, 0.25) is 0 Å². The van der Waals surface area contributed by atoms with E-state index in [9.17, 15) is 0 Å². The first-order valence-electron chi connectivity index (χ1n) is 5.07. The molecule has 2 aromatic heterocycles. The number of aromatic nitrogens is 2. The molecule has 0 aliphatic heterocycles. The molecular weight excluding hydrogens is 218 g/mol. The molecule has 82 valence electrons. The first-order chi connectivity index (χ1) is 7.54. The van der Waals surface area contributed by atoms with Crippen LogP contribution in [-0.4, -0.2) is 9.97 Å². The van der Waals surface area contributed by atoms with E-state index >= 15 is 0 Å². The average Bonchev–Trinajstić information content (AvgIpc) is 2.86. The molecule has 0 bridgehead atoms. The lowest BCUT2D eigenvalue weighted by molar-refractivity contribution is 0.680. The van der Waals surface area contributed by atoms with E-state index in [1.54, 1.807) is 11.3 Å². The number of aryl methyl sites for hydroxylation is 1. The molecule has 1 N–H and O–H groups in total. The Morgan fingerprint density at radius 1 is 1.50 bits per heavy atom. The van der Waals surface area contributed by atoms with Gasteiger partial charge in [-0.15, -0.1) is 11.3 Å². The fourth-order valence-electron chi connectivity index (χ4n) is 1.44. The lowest BCUT2D eigenvalue weighted by Crippen LogP contribution is -2.13. The van der Waals surface area contributed by atoms with Gasteiger partial charge in [-0.25, -0.2) is 4.98 Å². The summed E-state index contributed by atoms with van der Waals surface area (Å²) in [6.45, 7) is 5.82. The van der Waals surface area contributed by atoms with Crippen molar-refractivity contribution >= 4 is 11.3 Å². The van der Waals surface area contributed by atoms with Gasteiger partial charge in [0.1, 0.15) is 16.1 Å². The van der Waals surface area contributed by atoms with Crippen LogP contribution in [0.3, 0.4) is 0 Å². The van der Waals surface area contributed by atoms with Crippen molar-refractivity contribution in [1.82, 2.24) is 9.97 Å². The summed E-state index contributed by atoms with van der Waals surface area (Å²) in [6.07, 6.45) is 1.88. The lowest BCUT2D eigenvalue weighted by atomic mass is 9.97. The van der Waals surface area contributed by atoms with Gasteiger partial charge >= 0.3 is 0 Å². The number of aromatic amines is 1. The standard InChI is InChI=1S/C12H13N3S/c1-8-10(9-5-4-6-14-9)15-11(16-8)12(2,3)7-13/h4-6,14H,1-3H3. The van der Waals surface area contributed by atoms with Crippen LogP contribution >= 0.6 is 11.3 Å². The Kier molecular flexibility index (Phi) is 2.56. The molecular formula is C12H13N3S. The predicted molar refractivity (Wildman–Crippen MR) is 65.3 cm³/mol. The first-order valence-corrected chi connectivity index (χ1v) is 5.89. The number of thiazole rings is 1. The smallest absolute Gasteiger partial charge is 0.113 e. The molecule has 4 heteroatoms. The van der Waals surface area contributed by atoms with E-state index in [1.165, 1.54) is 0 Å². The Bertz CT molecular complexity index is 529. The quantitative estimate of drug-likeness (QED) is 0.862. The Hall–Kier alpha value is -1.60. The van der Waals surface area contributed by atoms with Crippen LogP contribution in [0, 0.1) is 18.3 Å². The second-order valence-electron chi connectivity index (χ2n) is 4.24. The number of rotatable bonds is 2. The minimum Gasteiger partial charge on any atom is -0.360 e. The number of nitriles is 1. The van der Waals surface area contributed by atoms with Gasteiger partial charge in [-0.3, -0.25) is 0 Å². The summed E-state index contributed by atoms with van der Waals surface area (Å²) in [6, 6.07) is 6.22. The molecule has 0 aliphatic rings. The molecule has 0 spiro atoms. The number of H-pyrrole nitrogens is 1. The number of hydrogen-bond acceptors (Lipinski definition) is 3.